The average Bonchev–Trinajstić information content (AvgIpc) is 2.32. The first-order valence-corrected chi connectivity index (χ1v) is 29.7. The van der Waals surface area contributed by atoms with E-state index in [0.29, 0.717) is 5.92 Å². The number of hydrogen-bond acceptors (Lipinski definition) is 2. The predicted octanol–water partition coefficient (Wildman–Crippen LogP) is 21.9. The second-order valence-corrected chi connectivity index (χ2v) is 23.2. The Morgan fingerprint density at radius 3 is 1.18 bits per heavy atom. The summed E-state index contributed by atoms with van der Waals surface area (Å²) in [5, 5.41) is 0. The number of benzene rings is 12. The van der Waals surface area contributed by atoms with Crippen LogP contribution >= 0.6 is 0 Å². The van der Waals surface area contributed by atoms with Gasteiger partial charge in [-0.3, -0.25) is 0 Å². The van der Waals surface area contributed by atoms with Crippen molar-refractivity contribution in [3.8, 4) is 55.6 Å². The molecule has 3 aliphatic carbocycles. The van der Waals surface area contributed by atoms with Gasteiger partial charge in [0.15, 0.2) is 0 Å². The summed E-state index contributed by atoms with van der Waals surface area (Å²) in [6, 6.07) is 113. The van der Waals surface area contributed by atoms with Crippen molar-refractivity contribution in [3.05, 3.63) is 337 Å². The third kappa shape index (κ3) is 8.89. The number of anilines is 6. The summed E-state index contributed by atoms with van der Waals surface area (Å²) in [5.74, 6) is 2.48. The fourth-order valence-electron chi connectivity index (χ4n) is 14.8. The maximum absolute atomic E-state index is 2.47. The second-order valence-electron chi connectivity index (χ2n) is 23.2. The molecule has 0 N–H and O–H groups in total. The summed E-state index contributed by atoms with van der Waals surface area (Å²) in [4.78, 5) is 4.83. The number of para-hydroxylation sites is 2. The summed E-state index contributed by atoms with van der Waals surface area (Å²) < 4.78 is 0. The van der Waals surface area contributed by atoms with Crippen molar-refractivity contribution in [1.82, 2.24) is 0 Å². The molecule has 0 saturated heterocycles. The van der Waals surface area contributed by atoms with E-state index in [1.807, 2.05) is 0 Å². The first-order valence-electron chi connectivity index (χ1n) is 29.7. The Bertz CT molecular complexity index is 4200. The van der Waals surface area contributed by atoms with Crippen molar-refractivity contribution in [1.29, 1.82) is 0 Å². The Kier molecular flexibility index (Phi) is 12.9. The lowest BCUT2D eigenvalue weighted by atomic mass is 9.67. The van der Waals surface area contributed by atoms with Gasteiger partial charge in [-0.05, 0) is 218 Å². The van der Waals surface area contributed by atoms with Crippen LogP contribution in [-0.2, 0) is 5.41 Å². The quantitative estimate of drug-likeness (QED) is 0.114. The molecule has 3 atom stereocenters. The molecule has 3 aliphatic rings. The van der Waals surface area contributed by atoms with E-state index in [9.17, 15) is 0 Å². The maximum atomic E-state index is 2.47. The molecule has 0 aliphatic heterocycles. The van der Waals surface area contributed by atoms with Crippen molar-refractivity contribution in [2.24, 2.45) is 11.8 Å². The summed E-state index contributed by atoms with van der Waals surface area (Å²) in [5.41, 5.74) is 26.1. The van der Waals surface area contributed by atoms with Crippen LogP contribution in [0.5, 0.6) is 0 Å². The van der Waals surface area contributed by atoms with Crippen LogP contribution in [0.1, 0.15) is 65.0 Å². The van der Waals surface area contributed by atoms with Crippen molar-refractivity contribution < 1.29 is 0 Å². The lowest BCUT2D eigenvalue weighted by Crippen LogP contribution is -2.28. The lowest BCUT2D eigenvalue weighted by molar-refractivity contribution is 0.420. The van der Waals surface area contributed by atoms with E-state index in [2.05, 4.69) is 320 Å². The van der Waals surface area contributed by atoms with Crippen molar-refractivity contribution in [2.75, 3.05) is 9.80 Å². The molecular formula is C81H64N2. The van der Waals surface area contributed by atoms with Crippen LogP contribution in [0.15, 0.2) is 303 Å². The second kappa shape index (κ2) is 21.3. The van der Waals surface area contributed by atoms with Crippen LogP contribution in [0, 0.1) is 18.8 Å². The fourth-order valence-corrected chi connectivity index (χ4v) is 14.8. The zero-order valence-corrected chi connectivity index (χ0v) is 46.8. The SMILES string of the molecule is Cc1cccc2c1-c1ccc(N(c3ccccc3)c3ccc(-c4cc(-c5ccccc5)c(-c5ccc(N(c6ccccc6)c6ccc(C7CC8CCC7C8)cc6)cc5)cc4-c4ccccc4)cc3)cc1C2(c1ccccc1)c1ccccc1. The van der Waals surface area contributed by atoms with Gasteiger partial charge in [-0.15, -0.1) is 0 Å². The molecule has 12 aromatic carbocycles. The van der Waals surface area contributed by atoms with Gasteiger partial charge >= 0.3 is 0 Å². The Morgan fingerprint density at radius 1 is 0.313 bits per heavy atom. The van der Waals surface area contributed by atoms with Gasteiger partial charge in [0.05, 0.1) is 5.41 Å². The number of aryl methyl sites for hydroxylation is 1. The van der Waals surface area contributed by atoms with Gasteiger partial charge in [0.2, 0.25) is 0 Å². The molecule has 2 fully saturated rings. The third-order valence-corrected chi connectivity index (χ3v) is 18.6. The molecule has 0 spiro atoms. The molecule has 0 amide bonds. The zero-order chi connectivity index (χ0) is 55.3. The van der Waals surface area contributed by atoms with Gasteiger partial charge in [0.25, 0.3) is 0 Å². The van der Waals surface area contributed by atoms with Gasteiger partial charge in [-0.2, -0.15) is 0 Å². The molecule has 0 aromatic heterocycles. The number of nitrogens with zero attached hydrogens (tertiary/aromatic N) is 2. The summed E-state index contributed by atoms with van der Waals surface area (Å²) >= 11 is 0. The number of hydrogen-bond donors (Lipinski definition) is 0. The van der Waals surface area contributed by atoms with Crippen LogP contribution in [0.25, 0.3) is 55.6 Å². The van der Waals surface area contributed by atoms with Gasteiger partial charge in [0.1, 0.15) is 0 Å². The van der Waals surface area contributed by atoms with E-state index in [0.717, 1.165) is 45.8 Å². The molecule has 83 heavy (non-hydrogen) atoms. The normalized spacial score (nSPS) is 16.3. The van der Waals surface area contributed by atoms with Crippen LogP contribution in [0.2, 0.25) is 0 Å². The predicted molar refractivity (Wildman–Crippen MR) is 348 cm³/mol. The highest BCUT2D eigenvalue weighted by atomic mass is 15.1. The highest BCUT2D eigenvalue weighted by molar-refractivity contribution is 5.97. The average molecular weight is 1070 g/mol. The zero-order valence-electron chi connectivity index (χ0n) is 46.8. The topological polar surface area (TPSA) is 6.48 Å². The Balaban J connectivity index is 0.836. The molecule has 2 heteroatoms. The molecule has 2 bridgehead atoms. The molecule has 2 saturated carbocycles. The molecular weight excluding hydrogens is 1000 g/mol. The molecule has 2 nitrogen and oxygen atoms in total. The van der Waals surface area contributed by atoms with E-state index in [1.54, 1.807) is 0 Å². The minimum atomic E-state index is -0.525. The van der Waals surface area contributed by atoms with E-state index < -0.39 is 5.41 Å². The summed E-state index contributed by atoms with van der Waals surface area (Å²) in [6.45, 7) is 2.26. The highest BCUT2D eigenvalue weighted by Gasteiger charge is 2.47. The fraction of sp³-hybridized carbons (Fsp3) is 0.111. The van der Waals surface area contributed by atoms with Crippen molar-refractivity contribution in [3.63, 3.8) is 0 Å². The maximum Gasteiger partial charge on any atom is 0.0714 e. The van der Waals surface area contributed by atoms with Gasteiger partial charge in [-0.25, -0.2) is 0 Å². The third-order valence-electron chi connectivity index (χ3n) is 18.6. The van der Waals surface area contributed by atoms with Crippen LogP contribution in [0.3, 0.4) is 0 Å². The molecule has 398 valence electrons. The lowest BCUT2D eigenvalue weighted by Gasteiger charge is -2.35. The van der Waals surface area contributed by atoms with E-state index >= 15 is 0 Å². The van der Waals surface area contributed by atoms with Crippen LogP contribution < -0.4 is 9.80 Å². The van der Waals surface area contributed by atoms with E-state index in [4.69, 9.17) is 0 Å². The largest absolute Gasteiger partial charge is 0.311 e. The Hall–Kier alpha value is -9.76. The smallest absolute Gasteiger partial charge is 0.0714 e. The number of rotatable bonds is 13. The first kappa shape index (κ1) is 50.2. The van der Waals surface area contributed by atoms with Crippen molar-refractivity contribution >= 4 is 34.1 Å². The monoisotopic (exact) mass is 1060 g/mol. The van der Waals surface area contributed by atoms with E-state index in [-0.39, 0.29) is 0 Å². The molecule has 15 rings (SSSR count). The van der Waals surface area contributed by atoms with E-state index in [1.165, 1.54) is 115 Å². The molecule has 12 aromatic rings. The summed E-state index contributed by atoms with van der Waals surface area (Å²) in [7, 11) is 0. The summed E-state index contributed by atoms with van der Waals surface area (Å²) in [6.07, 6.45) is 5.58. The van der Waals surface area contributed by atoms with Crippen molar-refractivity contribution in [2.45, 2.75) is 43.9 Å². The number of fused-ring (bicyclic) bond motifs is 5. The van der Waals surface area contributed by atoms with Gasteiger partial charge in [-0.1, -0.05) is 225 Å². The first-order chi connectivity index (χ1) is 41.1. The molecule has 0 heterocycles. The highest BCUT2D eigenvalue weighted by Crippen LogP contribution is 2.59. The Labute approximate surface area is 489 Å². The molecule has 3 unspecified atom stereocenters. The molecule has 0 radical (unpaired) electrons. The Morgan fingerprint density at radius 2 is 0.723 bits per heavy atom. The van der Waals surface area contributed by atoms with Gasteiger partial charge in [0, 0.05) is 34.1 Å². The van der Waals surface area contributed by atoms with Crippen LogP contribution in [-0.4, -0.2) is 0 Å². The standard InChI is InChI=1S/C81H64N2/c1-56-21-20-34-78-80(56)72-50-49-71(53-79(72)81(78,64-26-12-4-13-27-64)65-28-14-5-15-29-65)83(67-32-18-7-19-33-67)70-47-41-62(42-48-70)77-55-74(58-22-8-2-9-23-58)76(54-75(77)59-24-10-3-11-25-59)61-39-45-69(46-40-61)82(66-30-16-6-17-31-66)68-43-37-60(38-44-68)73-52-57-35-36-63(73)51-57/h2-34,37-50,53-55,57,63,73H,35-36,51-52H2,1H3. The minimum absolute atomic E-state index is 0.525. The van der Waals surface area contributed by atoms with Crippen LogP contribution in [0.4, 0.5) is 34.1 Å². The minimum Gasteiger partial charge on any atom is -0.311 e. The van der Waals surface area contributed by atoms with Gasteiger partial charge < -0.3 is 9.80 Å².